The molecule has 160 valence electrons. The molecule has 0 saturated heterocycles. The average Bonchev–Trinajstić information content (AvgIpc) is 2.35. The molecule has 19 heteroatoms. The van der Waals surface area contributed by atoms with Crippen LogP contribution in [0.3, 0.4) is 0 Å². The summed E-state index contributed by atoms with van der Waals surface area (Å²) < 4.78 is 209. The molecule has 0 N–H and O–H groups in total. The van der Waals surface area contributed by atoms with Crippen LogP contribution in [0.2, 0.25) is 0 Å². The molecule has 0 amide bonds. The molecule has 0 saturated carbocycles. The lowest BCUT2D eigenvalue weighted by molar-refractivity contribution is -0.447. The summed E-state index contributed by atoms with van der Waals surface area (Å²) in [5, 5.41) is -7.47. The van der Waals surface area contributed by atoms with Crippen LogP contribution in [0.25, 0.3) is 0 Å². The lowest BCUT2D eigenvalue weighted by Crippen LogP contribution is -3.00. The van der Waals surface area contributed by atoms with Crippen LogP contribution in [-0.2, 0) is 11.7 Å². The first-order valence-corrected chi connectivity index (χ1v) is 5.87. The van der Waals surface area contributed by atoms with Gasteiger partial charge >= 0.3 is 52.7 Å². The van der Waals surface area contributed by atoms with Crippen LogP contribution in [-0.4, -0.2) is 41.0 Å². The average molecular weight is 475 g/mol. The second kappa shape index (κ2) is 6.80. The van der Waals surface area contributed by atoms with Gasteiger partial charge in [-0.05, 0) is 0 Å². The van der Waals surface area contributed by atoms with Gasteiger partial charge < -0.3 is 12.4 Å². The maximum Gasteiger partial charge on any atom is 0.560 e. The Morgan fingerprint density at radius 3 is 0.846 bits per heavy atom. The Hall–Kier alpha value is -0.550. The summed E-state index contributed by atoms with van der Waals surface area (Å²) in [7, 11) is 0. The largest absolute Gasteiger partial charge is 1.00 e. The molecule has 0 spiro atoms. The number of rotatable bonds is 6. The first-order chi connectivity index (χ1) is 10.4. The van der Waals surface area contributed by atoms with E-state index in [0.29, 0.717) is 0 Å². The summed E-state index contributed by atoms with van der Waals surface area (Å²) >= 11 is -6.19. The van der Waals surface area contributed by atoms with E-state index in [1.54, 1.807) is 0 Å². The third-order valence-corrected chi connectivity index (χ3v) is 3.14. The van der Waals surface area contributed by atoms with Gasteiger partial charge in [-0.2, -0.15) is 57.1 Å². The van der Waals surface area contributed by atoms with E-state index < -0.39 is 52.7 Å². The van der Waals surface area contributed by atoms with E-state index in [9.17, 15) is 73.6 Å². The molecule has 0 aliphatic heterocycles. The molecule has 0 bridgehead atoms. The van der Waals surface area contributed by atoms with Crippen LogP contribution < -0.4 is 12.4 Å². The Morgan fingerprint density at radius 1 is 0.385 bits per heavy atom. The van der Waals surface area contributed by atoms with Crippen molar-refractivity contribution in [1.82, 2.24) is 0 Å². The van der Waals surface area contributed by atoms with Crippen molar-refractivity contribution >= 4 is 11.7 Å². The Kier molecular flexibility index (Phi) is 7.24. The summed E-state index contributed by atoms with van der Waals surface area (Å²) in [4.78, 5) is 0. The van der Waals surface area contributed by atoms with Crippen molar-refractivity contribution in [3.8, 4) is 0 Å². The second-order valence-electron chi connectivity index (χ2n) is 4.10. The third kappa shape index (κ3) is 3.34. The van der Waals surface area contributed by atoms with E-state index in [2.05, 4.69) is 0 Å². The highest BCUT2D eigenvalue weighted by atomic mass is 35.5. The monoisotopic (exact) mass is 474 g/mol. The molecule has 0 aliphatic carbocycles. The molecule has 26 heavy (non-hydrogen) atoms. The van der Waals surface area contributed by atoms with Crippen LogP contribution in [0.1, 0.15) is 0 Å². The number of hydrogen-bond donors (Lipinski definition) is 0. The molecule has 0 aromatic carbocycles. The van der Waals surface area contributed by atoms with Gasteiger partial charge in [-0.3, -0.25) is 0 Å². The molecule has 0 fully saturated rings. The van der Waals surface area contributed by atoms with Gasteiger partial charge in [0.2, 0.25) is 0 Å². The van der Waals surface area contributed by atoms with Crippen LogP contribution >= 0.6 is 0 Å². The number of halogens is 18. The van der Waals surface area contributed by atoms with Gasteiger partial charge in [0.15, 0.2) is 0 Å². The van der Waals surface area contributed by atoms with Gasteiger partial charge in [0.05, 0.1) is 7.77 Å². The zero-order valence-electron chi connectivity index (χ0n) is 10.7. The first-order valence-electron chi connectivity index (χ1n) is 4.85. The molecule has 0 aromatic rings. The predicted octanol–water partition coefficient (Wildman–Crippen LogP) is 2.71. The van der Waals surface area contributed by atoms with Gasteiger partial charge in [-0.25, -0.2) is 0 Å². The fourth-order valence-corrected chi connectivity index (χ4v) is 1.37. The van der Waals surface area contributed by atoms with E-state index >= 15 is 0 Å². The Bertz CT molecular complexity index is 492. The molecule has 0 heterocycles. The van der Waals surface area contributed by atoms with E-state index in [-0.39, 0.29) is 12.4 Å². The molecule has 0 nitrogen and oxygen atoms in total. The van der Waals surface area contributed by atoms with Crippen LogP contribution in [0.5, 0.6) is 0 Å². The number of hydrogen-bond acceptors (Lipinski definition) is 0. The molecule has 0 aliphatic rings. The lowest BCUT2D eigenvalue weighted by Gasteiger charge is -2.39. The Labute approximate surface area is 140 Å². The zero-order valence-corrected chi connectivity index (χ0v) is 12.3. The Morgan fingerprint density at radius 2 is 0.615 bits per heavy atom. The second-order valence-corrected chi connectivity index (χ2v) is 5.04. The molecule has 0 radical (unpaired) electrons. The van der Waals surface area contributed by atoms with Crippen molar-refractivity contribution in [3.05, 3.63) is 0 Å². The van der Waals surface area contributed by atoms with Gasteiger partial charge in [-0.1, -0.05) is 0 Å². The van der Waals surface area contributed by atoms with E-state index in [1.807, 2.05) is 0 Å². The highest BCUT2D eigenvalue weighted by Gasteiger charge is 2.97. The van der Waals surface area contributed by atoms with Gasteiger partial charge in [0.25, 0.3) is 0 Å². The third-order valence-electron chi connectivity index (χ3n) is 2.49. The van der Waals surface area contributed by atoms with Gasteiger partial charge in [-0.15, -0.1) is 8.78 Å². The summed E-state index contributed by atoms with van der Waals surface area (Å²) in [6.45, 7) is 0. The van der Waals surface area contributed by atoms with Crippen LogP contribution in [0, 0.1) is 0 Å². The molecular formula is C7ClF17S. The molecular weight excluding hydrogens is 475 g/mol. The zero-order chi connectivity index (χ0) is 21.1. The van der Waals surface area contributed by atoms with Crippen molar-refractivity contribution in [1.29, 1.82) is 0 Å². The van der Waals surface area contributed by atoms with E-state index in [0.717, 1.165) is 0 Å². The summed E-state index contributed by atoms with van der Waals surface area (Å²) in [5.74, 6) is -41.7. The van der Waals surface area contributed by atoms with E-state index in [4.69, 9.17) is 0 Å². The number of alkyl halides is 15. The van der Waals surface area contributed by atoms with Crippen LogP contribution in [0.4, 0.5) is 73.6 Å². The summed E-state index contributed by atoms with van der Waals surface area (Å²) in [5.41, 5.74) is 0. The normalized spacial score (nSPS) is 15.9. The maximum absolute atomic E-state index is 12.8. The maximum atomic E-state index is 12.8. The van der Waals surface area contributed by atoms with Crippen molar-refractivity contribution in [2.45, 2.75) is 41.0 Å². The molecule has 0 aromatic heterocycles. The van der Waals surface area contributed by atoms with Crippen molar-refractivity contribution in [2.75, 3.05) is 0 Å². The van der Waals surface area contributed by atoms with Crippen LogP contribution in [0.15, 0.2) is 0 Å². The lowest BCUT2D eigenvalue weighted by atomic mass is 9.94. The molecule has 0 atom stereocenters. The van der Waals surface area contributed by atoms with E-state index in [1.165, 1.54) is 0 Å². The molecule has 0 rings (SSSR count). The predicted molar refractivity (Wildman–Crippen MR) is 45.3 cm³/mol. The minimum Gasteiger partial charge on any atom is -1.00 e. The van der Waals surface area contributed by atoms with Crippen molar-refractivity contribution < 1.29 is 86.0 Å². The van der Waals surface area contributed by atoms with Crippen molar-refractivity contribution in [2.24, 2.45) is 0 Å². The highest BCUT2D eigenvalue weighted by molar-refractivity contribution is 7.88. The minimum atomic E-state index is -8.54. The highest BCUT2D eigenvalue weighted by Crippen LogP contribution is 2.63. The smallest absolute Gasteiger partial charge is 0.560 e. The Balaban J connectivity index is 0. The standard InChI is InChI=1S/C7F17S.ClH/c8-1(9,2(10,11)4(14,15)6(18,19)20)3(12,13)5(16,17)7(21,22)25(23)24;/h;1H/q+1;/p-1. The fourth-order valence-electron chi connectivity index (χ4n) is 1.05. The minimum absolute atomic E-state index is 0. The summed E-state index contributed by atoms with van der Waals surface area (Å²) in [6, 6.07) is 0. The molecule has 0 unspecified atom stereocenters. The summed E-state index contributed by atoms with van der Waals surface area (Å²) in [6.07, 6.45) is -7.72. The van der Waals surface area contributed by atoms with Gasteiger partial charge in [0, 0.05) is 0 Å². The SMILES string of the molecule is F[S+](F)C(F)(F)C(F)(F)C(F)(F)C(F)(F)C(F)(F)C(F)(F)C(F)(F)F.[Cl-]. The fraction of sp³-hybridized carbons (Fsp3) is 1.00. The first kappa shape index (κ1) is 27.7. The van der Waals surface area contributed by atoms with Gasteiger partial charge in [0.1, 0.15) is 0 Å². The topological polar surface area (TPSA) is 0 Å². The quantitative estimate of drug-likeness (QED) is 0.410. The van der Waals surface area contributed by atoms with Crippen molar-refractivity contribution in [3.63, 3.8) is 0 Å².